The lowest BCUT2D eigenvalue weighted by Crippen LogP contribution is -2.24. The third-order valence-electron chi connectivity index (χ3n) is 2.60. The summed E-state index contributed by atoms with van der Waals surface area (Å²) in [6, 6.07) is 5.35. The van der Waals surface area contributed by atoms with Crippen molar-refractivity contribution in [3.63, 3.8) is 0 Å². The molecule has 0 amide bonds. The van der Waals surface area contributed by atoms with Gasteiger partial charge in [-0.25, -0.2) is 0 Å². The average Bonchev–Trinajstić information content (AvgIpc) is 2.44. The molecule has 1 aromatic carbocycles. The van der Waals surface area contributed by atoms with Crippen LogP contribution in [0.1, 0.15) is 11.6 Å². The zero-order valence-electron chi connectivity index (χ0n) is 11.2. The van der Waals surface area contributed by atoms with Gasteiger partial charge in [0.1, 0.15) is 6.04 Å². The second-order valence-corrected chi connectivity index (χ2v) is 4.59. The second kappa shape index (κ2) is 8.00. The molecule has 0 aromatic heterocycles. The van der Waals surface area contributed by atoms with E-state index < -0.39 is 6.04 Å². The third-order valence-corrected chi connectivity index (χ3v) is 3.28. The number of halogens is 1. The molecule has 1 rings (SSSR count). The number of rotatable bonds is 7. The van der Waals surface area contributed by atoms with E-state index in [1.807, 2.05) is 0 Å². The zero-order chi connectivity index (χ0) is 14.3. The molecule has 0 bridgehead atoms. The molecule has 1 unspecified atom stereocenters. The van der Waals surface area contributed by atoms with Crippen LogP contribution < -0.4 is 14.8 Å². The van der Waals surface area contributed by atoms with Crippen molar-refractivity contribution < 1.29 is 14.2 Å². The van der Waals surface area contributed by atoms with Gasteiger partial charge < -0.3 is 14.2 Å². The van der Waals surface area contributed by atoms with E-state index in [1.54, 1.807) is 33.5 Å². The van der Waals surface area contributed by atoms with E-state index in [0.29, 0.717) is 24.7 Å². The molecule has 0 aliphatic heterocycles. The lowest BCUT2D eigenvalue weighted by Gasteiger charge is -2.16. The van der Waals surface area contributed by atoms with Gasteiger partial charge in [-0.1, -0.05) is 15.9 Å². The maximum Gasteiger partial charge on any atom is 0.161 e. The molecule has 0 fully saturated rings. The minimum absolute atomic E-state index is 0.440. The van der Waals surface area contributed by atoms with Gasteiger partial charge in [0.05, 0.1) is 26.9 Å². The summed E-state index contributed by atoms with van der Waals surface area (Å²) in [6.45, 7) is 1.14. The van der Waals surface area contributed by atoms with Gasteiger partial charge in [-0.2, -0.15) is 5.26 Å². The maximum atomic E-state index is 9.25. The Morgan fingerprint density at radius 1 is 1.26 bits per heavy atom. The number of hydrogen-bond donors (Lipinski definition) is 1. The first-order valence-electron chi connectivity index (χ1n) is 5.71. The molecular weight excluding hydrogens is 312 g/mol. The first kappa shape index (κ1) is 15.8. The van der Waals surface area contributed by atoms with E-state index in [2.05, 4.69) is 27.3 Å². The monoisotopic (exact) mass is 328 g/mol. The van der Waals surface area contributed by atoms with E-state index in [0.717, 1.165) is 10.0 Å². The van der Waals surface area contributed by atoms with Crippen molar-refractivity contribution in [1.29, 1.82) is 5.26 Å². The Morgan fingerprint density at radius 3 is 2.42 bits per heavy atom. The molecule has 1 N–H and O–H groups in total. The Bertz CT molecular complexity index is 460. The van der Waals surface area contributed by atoms with Crippen LogP contribution in [0.5, 0.6) is 11.5 Å². The van der Waals surface area contributed by atoms with Crippen LogP contribution in [0, 0.1) is 11.3 Å². The molecule has 5 nitrogen and oxygen atoms in total. The largest absolute Gasteiger partial charge is 0.493 e. The quantitative estimate of drug-likeness (QED) is 0.778. The van der Waals surface area contributed by atoms with Crippen molar-refractivity contribution in [1.82, 2.24) is 5.32 Å². The molecule has 104 valence electrons. The average molecular weight is 329 g/mol. The van der Waals surface area contributed by atoms with Crippen LogP contribution in [0.3, 0.4) is 0 Å². The summed E-state index contributed by atoms with van der Waals surface area (Å²) in [7, 11) is 4.76. The predicted molar refractivity (Wildman–Crippen MR) is 75.5 cm³/mol. The maximum absolute atomic E-state index is 9.25. The lowest BCUT2D eigenvalue weighted by molar-refractivity contribution is 0.198. The topological polar surface area (TPSA) is 63.5 Å². The number of nitrogens with one attached hydrogen (secondary N) is 1. The number of nitrogens with zero attached hydrogens (tertiary/aromatic N) is 1. The molecule has 0 radical (unpaired) electrons. The molecule has 0 aliphatic rings. The number of hydrogen-bond acceptors (Lipinski definition) is 5. The Labute approximate surface area is 121 Å². The van der Waals surface area contributed by atoms with Crippen molar-refractivity contribution >= 4 is 15.9 Å². The highest BCUT2D eigenvalue weighted by Gasteiger charge is 2.17. The second-order valence-electron chi connectivity index (χ2n) is 3.74. The predicted octanol–water partition coefficient (Wildman–Crippen LogP) is 2.27. The Kier molecular flexibility index (Phi) is 6.64. The highest BCUT2D eigenvalue weighted by Crippen LogP contribution is 2.35. The number of nitriles is 1. The normalized spacial score (nSPS) is 11.7. The highest BCUT2D eigenvalue weighted by molar-refractivity contribution is 9.10. The minimum atomic E-state index is -0.440. The first-order valence-corrected chi connectivity index (χ1v) is 6.50. The fraction of sp³-hybridized carbons (Fsp3) is 0.462. The van der Waals surface area contributed by atoms with Crippen LogP contribution in [0.2, 0.25) is 0 Å². The molecule has 1 aromatic rings. The molecule has 0 saturated heterocycles. The van der Waals surface area contributed by atoms with Gasteiger partial charge in [0.25, 0.3) is 0 Å². The third kappa shape index (κ3) is 4.10. The molecule has 0 aliphatic carbocycles. The lowest BCUT2D eigenvalue weighted by atomic mass is 10.1. The number of benzene rings is 1. The van der Waals surface area contributed by atoms with Crippen LogP contribution in [0.15, 0.2) is 16.6 Å². The standard InChI is InChI=1S/C13H17BrN2O3/c1-17-5-4-16-11(8-15)9-6-12(18-2)13(19-3)7-10(9)14/h6-7,11,16H,4-5H2,1-3H3. The van der Waals surface area contributed by atoms with Gasteiger partial charge >= 0.3 is 0 Å². The van der Waals surface area contributed by atoms with Crippen LogP contribution in [-0.2, 0) is 4.74 Å². The van der Waals surface area contributed by atoms with Crippen LogP contribution in [0.4, 0.5) is 0 Å². The van der Waals surface area contributed by atoms with E-state index in [4.69, 9.17) is 14.2 Å². The molecule has 0 spiro atoms. The summed E-state index contributed by atoms with van der Waals surface area (Å²) in [4.78, 5) is 0. The van der Waals surface area contributed by atoms with E-state index in [1.165, 1.54) is 0 Å². The van der Waals surface area contributed by atoms with Gasteiger partial charge in [0, 0.05) is 23.7 Å². The van der Waals surface area contributed by atoms with Crippen molar-refractivity contribution in [3.8, 4) is 17.6 Å². The van der Waals surface area contributed by atoms with Crippen molar-refractivity contribution in [2.75, 3.05) is 34.5 Å². The zero-order valence-corrected chi connectivity index (χ0v) is 12.8. The molecular formula is C13H17BrN2O3. The fourth-order valence-electron chi connectivity index (χ4n) is 1.62. The first-order chi connectivity index (χ1) is 9.17. The highest BCUT2D eigenvalue weighted by atomic mass is 79.9. The molecule has 0 heterocycles. The Hall–Kier alpha value is -1.29. The van der Waals surface area contributed by atoms with Crippen molar-refractivity contribution in [2.45, 2.75) is 6.04 Å². The Morgan fingerprint density at radius 2 is 1.89 bits per heavy atom. The van der Waals surface area contributed by atoms with Gasteiger partial charge in [-0.3, -0.25) is 5.32 Å². The summed E-state index contributed by atoms with van der Waals surface area (Å²) >= 11 is 3.44. The summed E-state index contributed by atoms with van der Waals surface area (Å²) < 4.78 is 16.2. The smallest absolute Gasteiger partial charge is 0.161 e. The van der Waals surface area contributed by atoms with Crippen molar-refractivity contribution in [2.24, 2.45) is 0 Å². The summed E-state index contributed by atoms with van der Waals surface area (Å²) in [5.74, 6) is 1.21. The molecule has 19 heavy (non-hydrogen) atoms. The van der Waals surface area contributed by atoms with E-state index >= 15 is 0 Å². The van der Waals surface area contributed by atoms with Crippen molar-refractivity contribution in [3.05, 3.63) is 22.2 Å². The number of methoxy groups -OCH3 is 3. The van der Waals surface area contributed by atoms with Gasteiger partial charge in [0.15, 0.2) is 11.5 Å². The van der Waals surface area contributed by atoms with E-state index in [9.17, 15) is 5.26 Å². The molecule has 6 heteroatoms. The van der Waals surface area contributed by atoms with Crippen LogP contribution >= 0.6 is 15.9 Å². The summed E-state index contributed by atoms with van der Waals surface area (Å²) in [5.41, 5.74) is 0.802. The van der Waals surface area contributed by atoms with Crippen LogP contribution in [0.25, 0.3) is 0 Å². The summed E-state index contributed by atoms with van der Waals surface area (Å²) in [6.07, 6.45) is 0. The van der Waals surface area contributed by atoms with Gasteiger partial charge in [0.2, 0.25) is 0 Å². The van der Waals surface area contributed by atoms with Gasteiger partial charge in [-0.05, 0) is 12.1 Å². The van der Waals surface area contributed by atoms with Gasteiger partial charge in [-0.15, -0.1) is 0 Å². The van der Waals surface area contributed by atoms with E-state index in [-0.39, 0.29) is 0 Å². The van der Waals surface area contributed by atoms with Crippen LogP contribution in [-0.4, -0.2) is 34.5 Å². The Balaban J connectivity index is 3.00. The fourth-order valence-corrected chi connectivity index (χ4v) is 2.17. The minimum Gasteiger partial charge on any atom is -0.493 e. The summed E-state index contributed by atoms with van der Waals surface area (Å²) in [5, 5.41) is 12.4. The SMILES string of the molecule is COCCNC(C#N)c1cc(OC)c(OC)cc1Br. The molecule has 1 atom stereocenters. The molecule has 0 saturated carbocycles. The number of ether oxygens (including phenoxy) is 3.